The largest absolute Gasteiger partial charge is 0.393 e. The molecule has 0 aliphatic rings. The van der Waals surface area contributed by atoms with Gasteiger partial charge in [0.1, 0.15) is 11.6 Å². The number of nitrogens with zero attached hydrogens (tertiary/aromatic N) is 1. The molecule has 0 atom stereocenters. The molecule has 1 aromatic rings. The second-order valence-corrected chi connectivity index (χ2v) is 3.28. The summed E-state index contributed by atoms with van der Waals surface area (Å²) in [6.45, 7) is 1.93. The molecule has 82 valence electrons. The number of aryl methyl sites for hydroxylation is 1. The van der Waals surface area contributed by atoms with Gasteiger partial charge in [0, 0.05) is 18.9 Å². The van der Waals surface area contributed by atoms with Gasteiger partial charge < -0.3 is 10.6 Å². The Labute approximate surface area is 94.6 Å². The SMILES string of the molecule is CN/C=C(/C#N)C(=O)Nc1cccc(C)c1. The summed E-state index contributed by atoms with van der Waals surface area (Å²) in [5, 5.41) is 14.0. The van der Waals surface area contributed by atoms with Gasteiger partial charge in [0.05, 0.1) is 0 Å². The molecule has 0 unspecified atom stereocenters. The zero-order valence-corrected chi connectivity index (χ0v) is 9.24. The fraction of sp³-hybridized carbons (Fsp3) is 0.167. The van der Waals surface area contributed by atoms with Gasteiger partial charge in [-0.15, -0.1) is 0 Å². The highest BCUT2D eigenvalue weighted by molar-refractivity contribution is 6.06. The first kappa shape index (κ1) is 11.8. The maximum absolute atomic E-state index is 11.6. The number of nitriles is 1. The lowest BCUT2D eigenvalue weighted by Gasteiger charge is -2.04. The van der Waals surface area contributed by atoms with Gasteiger partial charge in [-0.05, 0) is 24.6 Å². The molecule has 0 bridgehead atoms. The molecule has 16 heavy (non-hydrogen) atoms. The van der Waals surface area contributed by atoms with E-state index in [1.54, 1.807) is 13.1 Å². The lowest BCUT2D eigenvalue weighted by Crippen LogP contribution is -2.15. The Balaban J connectivity index is 2.79. The third-order valence-electron chi connectivity index (χ3n) is 1.93. The molecule has 0 aliphatic heterocycles. The molecule has 0 aromatic heterocycles. The third-order valence-corrected chi connectivity index (χ3v) is 1.93. The van der Waals surface area contributed by atoms with Crippen LogP contribution >= 0.6 is 0 Å². The van der Waals surface area contributed by atoms with E-state index in [1.165, 1.54) is 6.20 Å². The van der Waals surface area contributed by atoms with Crippen molar-refractivity contribution in [1.29, 1.82) is 5.26 Å². The molecule has 0 spiro atoms. The van der Waals surface area contributed by atoms with Crippen molar-refractivity contribution >= 4 is 11.6 Å². The van der Waals surface area contributed by atoms with Crippen LogP contribution in [0.25, 0.3) is 0 Å². The normalized spacial score (nSPS) is 10.4. The molecule has 1 aromatic carbocycles. The molecular weight excluding hydrogens is 202 g/mol. The van der Waals surface area contributed by atoms with Crippen molar-refractivity contribution in [1.82, 2.24) is 5.32 Å². The van der Waals surface area contributed by atoms with Crippen LogP contribution in [0, 0.1) is 18.3 Å². The third kappa shape index (κ3) is 3.14. The summed E-state index contributed by atoms with van der Waals surface area (Å²) in [6, 6.07) is 9.22. The number of hydrogen-bond donors (Lipinski definition) is 2. The Bertz CT molecular complexity index is 458. The van der Waals surface area contributed by atoms with E-state index in [9.17, 15) is 4.79 Å². The monoisotopic (exact) mass is 215 g/mol. The second-order valence-electron chi connectivity index (χ2n) is 3.28. The van der Waals surface area contributed by atoms with Crippen molar-refractivity contribution in [3.8, 4) is 6.07 Å². The maximum atomic E-state index is 11.6. The van der Waals surface area contributed by atoms with Crippen LogP contribution < -0.4 is 10.6 Å². The number of anilines is 1. The van der Waals surface area contributed by atoms with Crippen molar-refractivity contribution in [2.75, 3.05) is 12.4 Å². The number of hydrogen-bond acceptors (Lipinski definition) is 3. The van der Waals surface area contributed by atoms with Gasteiger partial charge >= 0.3 is 0 Å². The first-order valence-corrected chi connectivity index (χ1v) is 4.83. The predicted octanol–water partition coefficient (Wildman–Crippen LogP) is 1.56. The van der Waals surface area contributed by atoms with Crippen molar-refractivity contribution in [3.63, 3.8) is 0 Å². The van der Waals surface area contributed by atoms with Crippen molar-refractivity contribution < 1.29 is 4.79 Å². The van der Waals surface area contributed by atoms with Crippen LogP contribution in [-0.4, -0.2) is 13.0 Å². The van der Waals surface area contributed by atoms with Crippen LogP contribution in [0.5, 0.6) is 0 Å². The lowest BCUT2D eigenvalue weighted by atomic mass is 10.2. The van der Waals surface area contributed by atoms with E-state index >= 15 is 0 Å². The Kier molecular flexibility index (Phi) is 4.10. The van der Waals surface area contributed by atoms with Gasteiger partial charge in [-0.25, -0.2) is 0 Å². The Morgan fingerprint density at radius 3 is 2.81 bits per heavy atom. The summed E-state index contributed by atoms with van der Waals surface area (Å²) in [5.41, 5.74) is 1.78. The van der Waals surface area contributed by atoms with Gasteiger partial charge in [0.25, 0.3) is 5.91 Å². The highest BCUT2D eigenvalue weighted by Gasteiger charge is 2.08. The quantitative estimate of drug-likeness (QED) is 0.594. The Morgan fingerprint density at radius 2 is 2.25 bits per heavy atom. The van der Waals surface area contributed by atoms with E-state index in [2.05, 4.69) is 10.6 Å². The number of nitrogens with one attached hydrogen (secondary N) is 2. The zero-order chi connectivity index (χ0) is 12.0. The number of benzene rings is 1. The highest BCUT2D eigenvalue weighted by Crippen LogP contribution is 2.10. The van der Waals surface area contributed by atoms with E-state index in [1.807, 2.05) is 31.2 Å². The van der Waals surface area contributed by atoms with Gasteiger partial charge in [0.15, 0.2) is 0 Å². The van der Waals surface area contributed by atoms with E-state index < -0.39 is 5.91 Å². The van der Waals surface area contributed by atoms with E-state index in [-0.39, 0.29) is 5.57 Å². The van der Waals surface area contributed by atoms with E-state index in [4.69, 9.17) is 5.26 Å². The molecule has 1 rings (SSSR count). The van der Waals surface area contributed by atoms with Crippen LogP contribution in [0.3, 0.4) is 0 Å². The van der Waals surface area contributed by atoms with Crippen molar-refractivity contribution in [2.45, 2.75) is 6.92 Å². The number of carbonyl (C=O) groups excluding carboxylic acids is 1. The molecule has 0 fully saturated rings. The molecule has 0 radical (unpaired) electrons. The van der Waals surface area contributed by atoms with E-state index in [0.717, 1.165) is 5.56 Å². The fourth-order valence-corrected chi connectivity index (χ4v) is 1.21. The second kappa shape index (κ2) is 5.56. The van der Waals surface area contributed by atoms with Crippen molar-refractivity contribution in [3.05, 3.63) is 41.6 Å². The number of carbonyl (C=O) groups is 1. The predicted molar refractivity (Wildman–Crippen MR) is 62.6 cm³/mol. The molecule has 0 saturated carbocycles. The van der Waals surface area contributed by atoms with Crippen LogP contribution in [-0.2, 0) is 4.79 Å². The van der Waals surface area contributed by atoms with Crippen LogP contribution in [0.4, 0.5) is 5.69 Å². The van der Waals surface area contributed by atoms with Gasteiger partial charge in [0.2, 0.25) is 0 Å². The summed E-state index contributed by atoms with van der Waals surface area (Å²) in [4.78, 5) is 11.6. The standard InChI is InChI=1S/C12H13N3O/c1-9-4-3-5-11(6-9)15-12(16)10(7-13)8-14-2/h3-6,8,14H,1-2H3,(H,15,16)/b10-8-. The highest BCUT2D eigenvalue weighted by atomic mass is 16.1. The van der Waals surface area contributed by atoms with Gasteiger partial charge in [-0.2, -0.15) is 5.26 Å². The molecule has 0 saturated heterocycles. The average molecular weight is 215 g/mol. The number of amides is 1. The minimum Gasteiger partial charge on any atom is -0.393 e. The number of rotatable bonds is 3. The van der Waals surface area contributed by atoms with Crippen LogP contribution in [0.1, 0.15) is 5.56 Å². The van der Waals surface area contributed by atoms with Crippen LogP contribution in [0.15, 0.2) is 36.0 Å². The lowest BCUT2D eigenvalue weighted by molar-refractivity contribution is -0.112. The molecule has 0 heterocycles. The van der Waals surface area contributed by atoms with E-state index in [0.29, 0.717) is 5.69 Å². The summed E-state index contributed by atoms with van der Waals surface area (Å²) < 4.78 is 0. The van der Waals surface area contributed by atoms with Gasteiger partial charge in [-0.1, -0.05) is 12.1 Å². The molecular formula is C12H13N3O. The first-order chi connectivity index (χ1) is 7.67. The molecule has 4 nitrogen and oxygen atoms in total. The van der Waals surface area contributed by atoms with Gasteiger partial charge in [-0.3, -0.25) is 4.79 Å². The van der Waals surface area contributed by atoms with Crippen LogP contribution in [0.2, 0.25) is 0 Å². The maximum Gasteiger partial charge on any atom is 0.267 e. The average Bonchev–Trinajstić information content (AvgIpc) is 2.25. The fourth-order valence-electron chi connectivity index (χ4n) is 1.21. The summed E-state index contributed by atoms with van der Waals surface area (Å²) >= 11 is 0. The molecule has 4 heteroatoms. The smallest absolute Gasteiger partial charge is 0.267 e. The van der Waals surface area contributed by atoms with Crippen molar-refractivity contribution in [2.24, 2.45) is 0 Å². The molecule has 2 N–H and O–H groups in total. The zero-order valence-electron chi connectivity index (χ0n) is 9.24. The molecule has 1 amide bonds. The summed E-state index contributed by atoms with van der Waals surface area (Å²) in [6.07, 6.45) is 1.37. The topological polar surface area (TPSA) is 64.9 Å². The molecule has 0 aliphatic carbocycles. The minimum absolute atomic E-state index is 0.0454. The Hall–Kier alpha value is -2.28. The Morgan fingerprint density at radius 1 is 1.50 bits per heavy atom. The minimum atomic E-state index is -0.414. The first-order valence-electron chi connectivity index (χ1n) is 4.83. The summed E-state index contributed by atoms with van der Waals surface area (Å²) in [7, 11) is 1.64. The summed E-state index contributed by atoms with van der Waals surface area (Å²) in [5.74, 6) is -0.414.